The fraction of sp³-hybridized carbons (Fsp3) is 0.364. The minimum atomic E-state index is -4.47. The van der Waals surface area contributed by atoms with Crippen molar-refractivity contribution in [1.82, 2.24) is 10.6 Å². The minimum Gasteiger partial charge on any atom is -0.484 e. The normalized spacial score (nSPS) is 13.4. The first-order chi connectivity index (χ1) is 14.8. The molecular weight excluding hydrogens is 413 g/mol. The number of alkyl halides is 3. The molecule has 2 aromatic carbocycles. The van der Waals surface area contributed by atoms with Crippen LogP contribution in [0.1, 0.15) is 24.0 Å². The second-order valence-corrected chi connectivity index (χ2v) is 7.19. The predicted octanol–water partition coefficient (Wildman–Crippen LogP) is 3.10. The van der Waals surface area contributed by atoms with Gasteiger partial charge < -0.3 is 20.1 Å². The minimum absolute atomic E-state index is 0.0219. The molecule has 1 saturated carbocycles. The van der Waals surface area contributed by atoms with E-state index >= 15 is 0 Å². The van der Waals surface area contributed by atoms with Crippen LogP contribution >= 0.6 is 0 Å². The summed E-state index contributed by atoms with van der Waals surface area (Å²) in [5, 5.41) is 5.49. The molecule has 9 heteroatoms. The number of carbonyl (C=O) groups is 2. The highest BCUT2D eigenvalue weighted by molar-refractivity contribution is 5.78. The van der Waals surface area contributed by atoms with Gasteiger partial charge in [0.2, 0.25) is 0 Å². The van der Waals surface area contributed by atoms with Crippen molar-refractivity contribution in [2.45, 2.75) is 31.5 Å². The fourth-order valence-corrected chi connectivity index (χ4v) is 2.71. The van der Waals surface area contributed by atoms with Gasteiger partial charge in [-0.15, -0.1) is 0 Å². The summed E-state index contributed by atoms with van der Waals surface area (Å²) < 4.78 is 48.6. The lowest BCUT2D eigenvalue weighted by Gasteiger charge is -2.11. The van der Waals surface area contributed by atoms with Crippen molar-refractivity contribution in [1.29, 1.82) is 0 Å². The third-order valence-corrected chi connectivity index (χ3v) is 4.50. The van der Waals surface area contributed by atoms with Gasteiger partial charge in [0.05, 0.1) is 5.56 Å². The van der Waals surface area contributed by atoms with Crippen LogP contribution < -0.4 is 20.1 Å². The van der Waals surface area contributed by atoms with E-state index in [-0.39, 0.29) is 24.9 Å². The maximum Gasteiger partial charge on any atom is 0.416 e. The van der Waals surface area contributed by atoms with Gasteiger partial charge in [0.1, 0.15) is 11.5 Å². The second kappa shape index (κ2) is 10.2. The molecule has 1 aliphatic rings. The molecule has 0 bridgehead atoms. The third kappa shape index (κ3) is 7.84. The number of ether oxygens (including phenoxy) is 2. The summed E-state index contributed by atoms with van der Waals surface area (Å²) in [6, 6.07) is 11.8. The molecule has 0 atom stereocenters. The van der Waals surface area contributed by atoms with Crippen molar-refractivity contribution < 1.29 is 32.2 Å². The standard InChI is InChI=1S/C22H23F3N2O4/c23-22(24,25)16-2-1-3-19(12-16)31-13-20(28)26-11-10-15-4-8-18(9-5-15)30-14-21(29)27-17-6-7-17/h1-5,8-9,12,17H,6-7,10-11,13-14H2,(H,26,28)(H,27,29). The number of rotatable bonds is 10. The molecule has 2 amide bonds. The van der Waals surface area contributed by atoms with E-state index in [1.165, 1.54) is 12.1 Å². The van der Waals surface area contributed by atoms with Gasteiger partial charge in [0, 0.05) is 12.6 Å². The molecule has 6 nitrogen and oxygen atoms in total. The first kappa shape index (κ1) is 22.5. The Labute approximate surface area is 177 Å². The molecule has 1 fully saturated rings. The van der Waals surface area contributed by atoms with E-state index in [1.807, 2.05) is 12.1 Å². The molecule has 2 aromatic rings. The summed E-state index contributed by atoms with van der Waals surface area (Å²) >= 11 is 0. The lowest BCUT2D eigenvalue weighted by Crippen LogP contribution is -2.30. The summed E-state index contributed by atoms with van der Waals surface area (Å²) in [4.78, 5) is 23.5. The molecule has 3 rings (SSSR count). The van der Waals surface area contributed by atoms with Gasteiger partial charge in [-0.05, 0) is 55.2 Å². The number of benzene rings is 2. The highest BCUT2D eigenvalue weighted by Crippen LogP contribution is 2.31. The lowest BCUT2D eigenvalue weighted by atomic mass is 10.1. The molecule has 0 saturated heterocycles. The molecule has 0 unspecified atom stereocenters. The van der Waals surface area contributed by atoms with E-state index < -0.39 is 17.6 Å². The van der Waals surface area contributed by atoms with Crippen LogP contribution in [0.25, 0.3) is 0 Å². The number of hydrogen-bond acceptors (Lipinski definition) is 4. The molecule has 0 radical (unpaired) electrons. The van der Waals surface area contributed by atoms with Crippen LogP contribution in [0.15, 0.2) is 48.5 Å². The molecule has 0 spiro atoms. The van der Waals surface area contributed by atoms with Gasteiger partial charge >= 0.3 is 6.18 Å². The zero-order chi connectivity index (χ0) is 22.3. The van der Waals surface area contributed by atoms with Crippen molar-refractivity contribution in [2.75, 3.05) is 19.8 Å². The Morgan fingerprint density at radius 2 is 1.61 bits per heavy atom. The molecule has 0 aliphatic heterocycles. The number of hydrogen-bond donors (Lipinski definition) is 2. The number of halogens is 3. The highest BCUT2D eigenvalue weighted by atomic mass is 19.4. The smallest absolute Gasteiger partial charge is 0.416 e. The third-order valence-electron chi connectivity index (χ3n) is 4.50. The summed E-state index contributed by atoms with van der Waals surface area (Å²) in [6.45, 7) is -0.0659. The maximum atomic E-state index is 12.7. The van der Waals surface area contributed by atoms with Crippen molar-refractivity contribution in [3.05, 3.63) is 59.7 Å². The van der Waals surface area contributed by atoms with Crippen LogP contribution in [-0.4, -0.2) is 37.6 Å². The quantitative estimate of drug-likeness (QED) is 0.600. The Morgan fingerprint density at radius 3 is 2.29 bits per heavy atom. The van der Waals surface area contributed by atoms with Crippen LogP contribution in [0.4, 0.5) is 13.2 Å². The molecule has 31 heavy (non-hydrogen) atoms. The fourth-order valence-electron chi connectivity index (χ4n) is 2.71. The lowest BCUT2D eigenvalue weighted by molar-refractivity contribution is -0.137. The van der Waals surface area contributed by atoms with Gasteiger partial charge in [-0.1, -0.05) is 18.2 Å². The van der Waals surface area contributed by atoms with E-state index in [0.717, 1.165) is 30.5 Å². The van der Waals surface area contributed by atoms with Gasteiger partial charge in [0.15, 0.2) is 13.2 Å². The van der Waals surface area contributed by atoms with E-state index in [4.69, 9.17) is 9.47 Å². The van der Waals surface area contributed by atoms with E-state index in [9.17, 15) is 22.8 Å². The van der Waals surface area contributed by atoms with Gasteiger partial charge in [-0.25, -0.2) is 0 Å². The van der Waals surface area contributed by atoms with Crippen LogP contribution in [0.5, 0.6) is 11.5 Å². The van der Waals surface area contributed by atoms with Crippen molar-refractivity contribution >= 4 is 11.8 Å². The predicted molar refractivity (Wildman–Crippen MR) is 107 cm³/mol. The molecular formula is C22H23F3N2O4. The van der Waals surface area contributed by atoms with Gasteiger partial charge in [0.25, 0.3) is 11.8 Å². The average Bonchev–Trinajstić information content (AvgIpc) is 3.55. The van der Waals surface area contributed by atoms with Gasteiger partial charge in [-0.2, -0.15) is 13.2 Å². The SMILES string of the molecule is O=C(COc1cccc(C(F)(F)F)c1)NCCc1ccc(OCC(=O)NC2CC2)cc1. The Kier molecular flexibility index (Phi) is 7.38. The van der Waals surface area contributed by atoms with E-state index in [0.29, 0.717) is 24.8 Å². The van der Waals surface area contributed by atoms with Crippen molar-refractivity contribution in [2.24, 2.45) is 0 Å². The monoisotopic (exact) mass is 436 g/mol. The summed E-state index contributed by atoms with van der Waals surface area (Å²) in [5.74, 6) is -0.0136. The zero-order valence-electron chi connectivity index (χ0n) is 16.7. The highest BCUT2D eigenvalue weighted by Gasteiger charge is 2.30. The van der Waals surface area contributed by atoms with E-state index in [1.54, 1.807) is 12.1 Å². The van der Waals surface area contributed by atoms with Crippen LogP contribution in [0.2, 0.25) is 0 Å². The van der Waals surface area contributed by atoms with Gasteiger partial charge in [-0.3, -0.25) is 9.59 Å². The molecule has 0 heterocycles. The summed E-state index contributed by atoms with van der Waals surface area (Å²) in [7, 11) is 0. The summed E-state index contributed by atoms with van der Waals surface area (Å²) in [5.41, 5.74) is 0.121. The van der Waals surface area contributed by atoms with E-state index in [2.05, 4.69) is 10.6 Å². The zero-order valence-corrected chi connectivity index (χ0v) is 16.7. The largest absolute Gasteiger partial charge is 0.484 e. The molecule has 1 aliphatic carbocycles. The van der Waals surface area contributed by atoms with Crippen LogP contribution in [-0.2, 0) is 22.2 Å². The number of nitrogens with one attached hydrogen (secondary N) is 2. The van der Waals surface area contributed by atoms with Crippen LogP contribution in [0, 0.1) is 0 Å². The number of amides is 2. The molecule has 166 valence electrons. The summed E-state index contributed by atoms with van der Waals surface area (Å²) in [6.07, 6.45) is -1.87. The first-order valence-electron chi connectivity index (χ1n) is 9.87. The molecule has 0 aromatic heterocycles. The topological polar surface area (TPSA) is 76.7 Å². The second-order valence-electron chi connectivity index (χ2n) is 7.19. The first-order valence-corrected chi connectivity index (χ1v) is 9.87. The average molecular weight is 436 g/mol. The Morgan fingerprint density at radius 1 is 0.935 bits per heavy atom. The Bertz CT molecular complexity index is 896. The van der Waals surface area contributed by atoms with Crippen molar-refractivity contribution in [3.8, 4) is 11.5 Å². The Balaban J connectivity index is 1.34. The molecule has 2 N–H and O–H groups in total. The maximum absolute atomic E-state index is 12.7. The Hall–Kier alpha value is -3.23. The van der Waals surface area contributed by atoms with Crippen LogP contribution in [0.3, 0.4) is 0 Å². The number of carbonyl (C=O) groups excluding carboxylic acids is 2. The van der Waals surface area contributed by atoms with Crippen molar-refractivity contribution in [3.63, 3.8) is 0 Å².